The second-order valence-corrected chi connectivity index (χ2v) is 4.42. The lowest BCUT2D eigenvalue weighted by Crippen LogP contribution is -2.36. The van der Waals surface area contributed by atoms with Crippen LogP contribution in [0.3, 0.4) is 0 Å². The van der Waals surface area contributed by atoms with E-state index in [-0.39, 0.29) is 19.1 Å². The maximum Gasteiger partial charge on any atom is 0.258 e. The van der Waals surface area contributed by atoms with E-state index in [1.807, 2.05) is 42.5 Å². The second-order valence-electron chi connectivity index (χ2n) is 4.42. The second kappa shape index (κ2) is 7.09. The molecule has 108 valence electrons. The van der Waals surface area contributed by atoms with Gasteiger partial charge in [0.05, 0.1) is 6.54 Å². The molecule has 21 heavy (non-hydrogen) atoms. The lowest BCUT2D eigenvalue weighted by molar-refractivity contribution is -0.126. The Hall–Kier alpha value is -2.82. The first kappa shape index (κ1) is 14.6. The van der Waals surface area contributed by atoms with Crippen molar-refractivity contribution < 1.29 is 14.3 Å². The zero-order chi connectivity index (χ0) is 15.1. The molecule has 5 nitrogen and oxygen atoms in total. The van der Waals surface area contributed by atoms with Gasteiger partial charge in [0.1, 0.15) is 5.75 Å². The number of nitrogens with one attached hydrogen (secondary N) is 1. The van der Waals surface area contributed by atoms with Crippen molar-refractivity contribution in [2.45, 2.75) is 0 Å². The Morgan fingerprint density at radius 3 is 2.19 bits per heavy atom. The van der Waals surface area contributed by atoms with Gasteiger partial charge < -0.3 is 15.8 Å². The van der Waals surface area contributed by atoms with Crippen LogP contribution in [0.2, 0.25) is 0 Å². The van der Waals surface area contributed by atoms with Gasteiger partial charge in [-0.05, 0) is 23.3 Å². The van der Waals surface area contributed by atoms with Gasteiger partial charge >= 0.3 is 0 Å². The highest BCUT2D eigenvalue weighted by atomic mass is 16.5. The number of carbonyl (C=O) groups is 2. The van der Waals surface area contributed by atoms with Gasteiger partial charge in [0.25, 0.3) is 5.91 Å². The molecule has 0 saturated carbocycles. The van der Waals surface area contributed by atoms with Crippen LogP contribution in [0.5, 0.6) is 5.75 Å². The third-order valence-corrected chi connectivity index (χ3v) is 2.79. The predicted octanol–water partition coefficient (Wildman–Crippen LogP) is 1.33. The molecule has 0 fully saturated rings. The average molecular weight is 284 g/mol. The normalized spacial score (nSPS) is 9.90. The zero-order valence-corrected chi connectivity index (χ0v) is 11.4. The summed E-state index contributed by atoms with van der Waals surface area (Å²) in [6, 6.07) is 17.4. The van der Waals surface area contributed by atoms with Crippen LogP contribution in [0.1, 0.15) is 0 Å². The molecule has 0 aliphatic carbocycles. The third kappa shape index (κ3) is 4.65. The Kier molecular flexibility index (Phi) is 4.93. The van der Waals surface area contributed by atoms with Crippen molar-refractivity contribution in [3.8, 4) is 16.9 Å². The molecule has 0 radical (unpaired) electrons. The van der Waals surface area contributed by atoms with E-state index in [4.69, 9.17) is 10.5 Å². The topological polar surface area (TPSA) is 81.4 Å². The molecule has 0 unspecified atom stereocenters. The third-order valence-electron chi connectivity index (χ3n) is 2.79. The standard InChI is InChI=1S/C16H16N2O3/c17-15(19)10-18-16(20)11-21-14-8-6-13(7-9-14)12-4-2-1-3-5-12/h1-9H,10-11H2,(H2,17,19)(H,18,20). The van der Waals surface area contributed by atoms with Crippen molar-refractivity contribution in [1.29, 1.82) is 0 Å². The van der Waals surface area contributed by atoms with Gasteiger partial charge in [0.15, 0.2) is 6.61 Å². The van der Waals surface area contributed by atoms with Crippen LogP contribution >= 0.6 is 0 Å². The molecular weight excluding hydrogens is 268 g/mol. The molecule has 2 aromatic rings. The number of carbonyl (C=O) groups excluding carboxylic acids is 2. The molecule has 5 heteroatoms. The monoisotopic (exact) mass is 284 g/mol. The van der Waals surface area contributed by atoms with E-state index in [2.05, 4.69) is 5.32 Å². The molecule has 0 aliphatic heterocycles. The number of primary amides is 1. The summed E-state index contributed by atoms with van der Waals surface area (Å²) < 4.78 is 5.33. The molecule has 0 atom stereocenters. The lowest BCUT2D eigenvalue weighted by atomic mass is 10.1. The fraction of sp³-hybridized carbons (Fsp3) is 0.125. The molecule has 2 amide bonds. The highest BCUT2D eigenvalue weighted by molar-refractivity contribution is 5.84. The largest absolute Gasteiger partial charge is 0.484 e. The van der Waals surface area contributed by atoms with Crippen LogP contribution < -0.4 is 15.8 Å². The molecule has 3 N–H and O–H groups in total. The molecule has 0 aromatic heterocycles. The minimum atomic E-state index is -0.587. The van der Waals surface area contributed by atoms with E-state index in [1.165, 1.54) is 0 Å². The quantitative estimate of drug-likeness (QED) is 0.839. The highest BCUT2D eigenvalue weighted by Gasteiger charge is 2.04. The molecule has 0 aliphatic rings. The van der Waals surface area contributed by atoms with Crippen molar-refractivity contribution >= 4 is 11.8 Å². The van der Waals surface area contributed by atoms with Crippen molar-refractivity contribution in [2.75, 3.05) is 13.2 Å². The number of rotatable bonds is 6. The molecule has 0 saturated heterocycles. The zero-order valence-electron chi connectivity index (χ0n) is 11.4. The van der Waals surface area contributed by atoms with Crippen LogP contribution in [0.25, 0.3) is 11.1 Å². The first-order valence-electron chi connectivity index (χ1n) is 6.48. The smallest absolute Gasteiger partial charge is 0.258 e. The summed E-state index contributed by atoms with van der Waals surface area (Å²) in [5.74, 6) is -0.389. The van der Waals surface area contributed by atoms with Gasteiger partial charge in [-0.15, -0.1) is 0 Å². The fourth-order valence-corrected chi connectivity index (χ4v) is 1.76. The molecule has 0 bridgehead atoms. The summed E-state index contributed by atoms with van der Waals surface area (Å²) in [6.07, 6.45) is 0. The van der Waals surface area contributed by atoms with E-state index in [0.717, 1.165) is 11.1 Å². The summed E-state index contributed by atoms with van der Waals surface area (Å²) >= 11 is 0. The van der Waals surface area contributed by atoms with E-state index < -0.39 is 5.91 Å². The van der Waals surface area contributed by atoms with E-state index >= 15 is 0 Å². The molecule has 2 aromatic carbocycles. The Morgan fingerprint density at radius 1 is 0.952 bits per heavy atom. The van der Waals surface area contributed by atoms with Crippen molar-refractivity contribution in [2.24, 2.45) is 5.73 Å². The summed E-state index contributed by atoms with van der Waals surface area (Å²) in [4.78, 5) is 21.9. The number of benzene rings is 2. The van der Waals surface area contributed by atoms with Crippen molar-refractivity contribution in [3.63, 3.8) is 0 Å². The van der Waals surface area contributed by atoms with Gasteiger partial charge in [-0.2, -0.15) is 0 Å². The maximum absolute atomic E-state index is 11.4. The van der Waals surface area contributed by atoms with Crippen LogP contribution in [-0.4, -0.2) is 25.0 Å². The number of amides is 2. The van der Waals surface area contributed by atoms with Crippen LogP contribution in [0, 0.1) is 0 Å². The summed E-state index contributed by atoms with van der Waals surface area (Å²) in [6.45, 7) is -0.340. The number of hydrogen-bond donors (Lipinski definition) is 2. The number of ether oxygens (including phenoxy) is 1. The van der Waals surface area contributed by atoms with Gasteiger partial charge in [0, 0.05) is 0 Å². The molecule has 0 heterocycles. The van der Waals surface area contributed by atoms with Gasteiger partial charge in [-0.25, -0.2) is 0 Å². The van der Waals surface area contributed by atoms with Crippen LogP contribution in [0.4, 0.5) is 0 Å². The number of nitrogens with two attached hydrogens (primary N) is 1. The SMILES string of the molecule is NC(=O)CNC(=O)COc1ccc(-c2ccccc2)cc1. The lowest BCUT2D eigenvalue weighted by Gasteiger charge is -2.07. The highest BCUT2D eigenvalue weighted by Crippen LogP contribution is 2.21. The van der Waals surface area contributed by atoms with E-state index in [9.17, 15) is 9.59 Å². The molecule has 0 spiro atoms. The van der Waals surface area contributed by atoms with Crippen LogP contribution in [0.15, 0.2) is 54.6 Å². The van der Waals surface area contributed by atoms with E-state index in [1.54, 1.807) is 12.1 Å². The first-order valence-corrected chi connectivity index (χ1v) is 6.48. The predicted molar refractivity (Wildman–Crippen MR) is 79.6 cm³/mol. The summed E-state index contributed by atoms with van der Waals surface area (Å²) in [5, 5.41) is 2.35. The Bertz CT molecular complexity index is 609. The fourth-order valence-electron chi connectivity index (χ4n) is 1.76. The minimum absolute atomic E-state index is 0.155. The average Bonchev–Trinajstić information content (AvgIpc) is 2.52. The van der Waals surface area contributed by atoms with Gasteiger partial charge in [-0.1, -0.05) is 42.5 Å². The van der Waals surface area contributed by atoms with Crippen molar-refractivity contribution in [1.82, 2.24) is 5.32 Å². The summed E-state index contributed by atoms with van der Waals surface area (Å²) in [5.41, 5.74) is 7.11. The Morgan fingerprint density at radius 2 is 1.57 bits per heavy atom. The molecular formula is C16H16N2O3. The van der Waals surface area contributed by atoms with E-state index in [0.29, 0.717) is 5.75 Å². The van der Waals surface area contributed by atoms with Crippen LogP contribution in [-0.2, 0) is 9.59 Å². The maximum atomic E-state index is 11.4. The summed E-state index contributed by atoms with van der Waals surface area (Å²) in [7, 11) is 0. The van der Waals surface area contributed by atoms with Gasteiger partial charge in [0.2, 0.25) is 5.91 Å². The van der Waals surface area contributed by atoms with Crippen molar-refractivity contribution in [3.05, 3.63) is 54.6 Å². The first-order chi connectivity index (χ1) is 10.1. The molecule has 2 rings (SSSR count). The number of hydrogen-bond acceptors (Lipinski definition) is 3. The Balaban J connectivity index is 1.88. The minimum Gasteiger partial charge on any atom is -0.484 e. The Labute approximate surface area is 122 Å². The van der Waals surface area contributed by atoms with Gasteiger partial charge in [-0.3, -0.25) is 9.59 Å².